The molecule has 3 rings (SSSR count). The average Bonchev–Trinajstić information content (AvgIpc) is 2.82. The molecule has 8 nitrogen and oxygen atoms in total. The van der Waals surface area contributed by atoms with Crippen molar-refractivity contribution in [2.24, 2.45) is 0 Å². The van der Waals surface area contributed by atoms with Gasteiger partial charge in [-0.3, -0.25) is 25.2 Å². The smallest absolute Gasteiger partial charge is 0.271 e. The monoisotopic (exact) mass is 419 g/mol. The zero-order valence-corrected chi connectivity index (χ0v) is 17.0. The van der Waals surface area contributed by atoms with E-state index >= 15 is 0 Å². The molecule has 3 aromatic carbocycles. The number of rotatable bonds is 6. The number of para-hydroxylation sites is 1. The predicted octanol–water partition coefficient (Wildman–Crippen LogP) is 3.03. The van der Waals surface area contributed by atoms with Crippen LogP contribution in [0.5, 0.6) is 11.5 Å². The lowest BCUT2D eigenvalue weighted by Crippen LogP contribution is -2.41. The Morgan fingerprint density at radius 2 is 1.10 bits per heavy atom. The van der Waals surface area contributed by atoms with Gasteiger partial charge in [-0.2, -0.15) is 0 Å². The lowest BCUT2D eigenvalue weighted by molar-refractivity contribution is 0.0847. The highest BCUT2D eigenvalue weighted by atomic mass is 16.5. The fourth-order valence-electron chi connectivity index (χ4n) is 2.72. The number of carbonyl (C=O) groups is 3. The number of hydrazine groups is 1. The highest BCUT2D eigenvalue weighted by molar-refractivity contribution is 6.09. The third kappa shape index (κ3) is 5.39. The van der Waals surface area contributed by atoms with Crippen molar-refractivity contribution >= 4 is 23.4 Å². The summed E-state index contributed by atoms with van der Waals surface area (Å²) in [6.07, 6.45) is 0. The van der Waals surface area contributed by atoms with Crippen LogP contribution in [-0.2, 0) is 0 Å². The fraction of sp³-hybridized carbons (Fsp3) is 0.0870. The molecule has 3 N–H and O–H groups in total. The second-order valence-corrected chi connectivity index (χ2v) is 6.36. The van der Waals surface area contributed by atoms with Crippen molar-refractivity contribution in [1.29, 1.82) is 0 Å². The normalized spacial score (nSPS) is 10.0. The molecule has 0 spiro atoms. The largest absolute Gasteiger partial charge is 0.497 e. The Balaban J connectivity index is 1.66. The molecule has 8 heteroatoms. The van der Waals surface area contributed by atoms with Gasteiger partial charge in [0.25, 0.3) is 17.7 Å². The van der Waals surface area contributed by atoms with Gasteiger partial charge in [0.05, 0.1) is 25.5 Å². The van der Waals surface area contributed by atoms with Crippen molar-refractivity contribution in [3.05, 3.63) is 89.5 Å². The molecule has 0 radical (unpaired) electrons. The maximum Gasteiger partial charge on any atom is 0.271 e. The van der Waals surface area contributed by atoms with Crippen LogP contribution in [0.4, 0.5) is 5.69 Å². The molecule has 0 aliphatic heterocycles. The maximum atomic E-state index is 12.6. The number of hydrogen-bond donors (Lipinski definition) is 3. The summed E-state index contributed by atoms with van der Waals surface area (Å²) >= 11 is 0. The van der Waals surface area contributed by atoms with E-state index in [9.17, 15) is 14.4 Å². The maximum absolute atomic E-state index is 12.6. The van der Waals surface area contributed by atoms with Crippen molar-refractivity contribution in [3.63, 3.8) is 0 Å². The van der Waals surface area contributed by atoms with E-state index in [1.165, 1.54) is 14.2 Å². The molecule has 0 aliphatic carbocycles. The number of hydrogen-bond acceptors (Lipinski definition) is 5. The van der Waals surface area contributed by atoms with Crippen molar-refractivity contribution in [2.75, 3.05) is 19.5 Å². The molecule has 158 valence electrons. The van der Waals surface area contributed by atoms with Gasteiger partial charge >= 0.3 is 0 Å². The Kier molecular flexibility index (Phi) is 6.85. The van der Waals surface area contributed by atoms with E-state index in [1.807, 2.05) is 0 Å². The van der Waals surface area contributed by atoms with E-state index in [0.717, 1.165) is 0 Å². The van der Waals surface area contributed by atoms with E-state index in [0.29, 0.717) is 28.3 Å². The number of carbonyl (C=O) groups excluding carboxylic acids is 3. The minimum absolute atomic E-state index is 0.194. The summed E-state index contributed by atoms with van der Waals surface area (Å²) in [5, 5.41) is 2.71. The predicted molar refractivity (Wildman–Crippen MR) is 115 cm³/mol. The third-order valence-electron chi connectivity index (χ3n) is 4.41. The number of amides is 3. The van der Waals surface area contributed by atoms with Crippen LogP contribution in [0, 0.1) is 0 Å². The number of nitrogens with one attached hydrogen (secondary N) is 3. The summed E-state index contributed by atoms with van der Waals surface area (Å²) in [6.45, 7) is 0. The van der Waals surface area contributed by atoms with Crippen LogP contribution >= 0.6 is 0 Å². The molecular weight excluding hydrogens is 398 g/mol. The van der Waals surface area contributed by atoms with E-state index in [4.69, 9.17) is 9.47 Å². The van der Waals surface area contributed by atoms with Crippen LogP contribution in [-0.4, -0.2) is 31.9 Å². The molecular formula is C23H21N3O5. The van der Waals surface area contributed by atoms with Gasteiger partial charge in [-0.1, -0.05) is 12.1 Å². The van der Waals surface area contributed by atoms with Crippen molar-refractivity contribution in [1.82, 2.24) is 10.9 Å². The third-order valence-corrected chi connectivity index (χ3v) is 4.41. The molecule has 3 aromatic rings. The number of methoxy groups -OCH3 is 2. The van der Waals surface area contributed by atoms with E-state index in [1.54, 1.807) is 72.8 Å². The molecule has 0 aromatic heterocycles. The van der Waals surface area contributed by atoms with Crippen molar-refractivity contribution < 1.29 is 23.9 Å². The van der Waals surface area contributed by atoms with Gasteiger partial charge in [0, 0.05) is 11.1 Å². The number of benzene rings is 3. The first-order valence-electron chi connectivity index (χ1n) is 9.31. The number of anilines is 1. The summed E-state index contributed by atoms with van der Waals surface area (Å²) < 4.78 is 10.1. The Morgan fingerprint density at radius 1 is 0.613 bits per heavy atom. The second-order valence-electron chi connectivity index (χ2n) is 6.36. The summed E-state index contributed by atoms with van der Waals surface area (Å²) in [7, 11) is 3.07. The zero-order valence-electron chi connectivity index (χ0n) is 17.0. The molecule has 0 saturated heterocycles. The Hall–Kier alpha value is -4.33. The second kappa shape index (κ2) is 9.93. The minimum Gasteiger partial charge on any atom is -0.497 e. The van der Waals surface area contributed by atoms with Crippen LogP contribution < -0.4 is 25.6 Å². The van der Waals surface area contributed by atoms with Crippen LogP contribution in [0.2, 0.25) is 0 Å². The quantitative estimate of drug-likeness (QED) is 0.533. The van der Waals surface area contributed by atoms with E-state index in [2.05, 4.69) is 16.2 Å². The fourth-order valence-corrected chi connectivity index (χ4v) is 2.72. The molecule has 0 heterocycles. The van der Waals surface area contributed by atoms with Crippen molar-refractivity contribution in [3.8, 4) is 11.5 Å². The molecule has 0 saturated carbocycles. The van der Waals surface area contributed by atoms with Gasteiger partial charge in [-0.15, -0.1) is 0 Å². The first-order chi connectivity index (χ1) is 15.0. The van der Waals surface area contributed by atoms with Gasteiger partial charge in [-0.25, -0.2) is 0 Å². The van der Waals surface area contributed by atoms with E-state index < -0.39 is 11.8 Å². The van der Waals surface area contributed by atoms with Crippen LogP contribution in [0.3, 0.4) is 0 Å². The standard InChI is InChI=1S/C23H21N3O5/c1-30-17-11-7-15(8-12-17)21(27)24-20-6-4-3-5-19(20)23(29)26-25-22(28)16-9-13-18(31-2)14-10-16/h3-14H,1-2H3,(H,24,27)(H,25,28)(H,26,29). The Labute approximate surface area is 179 Å². The Bertz CT molecular complexity index is 1080. The first kappa shape index (κ1) is 21.4. The highest BCUT2D eigenvalue weighted by Gasteiger charge is 2.15. The summed E-state index contributed by atoms with van der Waals surface area (Å²) in [6, 6.07) is 19.5. The minimum atomic E-state index is -0.576. The average molecular weight is 419 g/mol. The van der Waals surface area contributed by atoms with E-state index in [-0.39, 0.29) is 11.5 Å². The van der Waals surface area contributed by atoms with Gasteiger partial charge in [-0.05, 0) is 60.7 Å². The first-order valence-corrected chi connectivity index (χ1v) is 9.31. The van der Waals surface area contributed by atoms with Crippen LogP contribution in [0.25, 0.3) is 0 Å². The summed E-state index contributed by atoms with van der Waals surface area (Å²) in [4.78, 5) is 37.4. The molecule has 0 unspecified atom stereocenters. The zero-order chi connectivity index (χ0) is 22.2. The summed E-state index contributed by atoms with van der Waals surface area (Å²) in [5.74, 6) is -0.209. The lowest BCUT2D eigenvalue weighted by atomic mass is 10.1. The topological polar surface area (TPSA) is 106 Å². The van der Waals surface area contributed by atoms with Gasteiger partial charge in [0.2, 0.25) is 0 Å². The molecule has 0 bridgehead atoms. The molecule has 0 fully saturated rings. The van der Waals surface area contributed by atoms with Crippen LogP contribution in [0.15, 0.2) is 72.8 Å². The Morgan fingerprint density at radius 3 is 1.65 bits per heavy atom. The lowest BCUT2D eigenvalue weighted by Gasteiger charge is -2.12. The molecule has 3 amide bonds. The van der Waals surface area contributed by atoms with Crippen molar-refractivity contribution in [2.45, 2.75) is 0 Å². The molecule has 0 aliphatic rings. The SMILES string of the molecule is COc1ccc(C(=O)NNC(=O)c2ccccc2NC(=O)c2ccc(OC)cc2)cc1. The van der Waals surface area contributed by atoms with Gasteiger partial charge in [0.1, 0.15) is 11.5 Å². The molecule has 31 heavy (non-hydrogen) atoms. The van der Waals surface area contributed by atoms with Gasteiger partial charge in [0.15, 0.2) is 0 Å². The van der Waals surface area contributed by atoms with Gasteiger partial charge < -0.3 is 14.8 Å². The molecule has 0 atom stereocenters. The summed E-state index contributed by atoms with van der Waals surface area (Å²) in [5.41, 5.74) is 5.96. The van der Waals surface area contributed by atoms with Crippen LogP contribution in [0.1, 0.15) is 31.1 Å². The number of ether oxygens (including phenoxy) is 2. The highest BCUT2D eigenvalue weighted by Crippen LogP contribution is 2.18.